The number of hydrogen-bond donors (Lipinski definition) is 1. The Balaban J connectivity index is 0. The van der Waals surface area contributed by atoms with Crippen LogP contribution in [0.1, 0.15) is 24.8 Å². The molecule has 0 aliphatic heterocycles. The summed E-state index contributed by atoms with van der Waals surface area (Å²) in [4.78, 5) is 0. The molecule has 1 aliphatic rings. The molecule has 2 aromatic carbocycles. The molecule has 0 amide bonds. The van der Waals surface area contributed by atoms with Crippen LogP contribution in [0.2, 0.25) is 0 Å². The maximum absolute atomic E-state index is 8.46. The summed E-state index contributed by atoms with van der Waals surface area (Å²) in [5.41, 5.74) is 2.60. The first kappa shape index (κ1) is 24.0. The number of halogens is 2. The van der Waals surface area contributed by atoms with Gasteiger partial charge in [0.05, 0.1) is 0 Å². The first-order chi connectivity index (χ1) is 9.29. The van der Waals surface area contributed by atoms with Crippen molar-refractivity contribution in [1.29, 1.82) is 0 Å². The number of aryl methyl sites for hydroxylation is 1. The smallest absolute Gasteiger partial charge is 1.00 e. The van der Waals surface area contributed by atoms with Gasteiger partial charge in [0.15, 0.2) is 0 Å². The summed E-state index contributed by atoms with van der Waals surface area (Å²) in [5.74, 6) is 0. The minimum Gasteiger partial charge on any atom is -1.00 e. The van der Waals surface area contributed by atoms with Gasteiger partial charge >= 0.3 is 26.2 Å². The van der Waals surface area contributed by atoms with Crippen LogP contribution in [-0.4, -0.2) is 11.7 Å². The molecule has 0 unspecified atom stereocenters. The molecule has 0 saturated heterocycles. The number of hydrogen-bond acceptors (Lipinski definition) is 1. The molecule has 0 aromatic heterocycles. The van der Waals surface area contributed by atoms with E-state index in [9.17, 15) is 0 Å². The topological polar surface area (TPSA) is 20.2 Å². The molecule has 0 bridgehead atoms. The van der Waals surface area contributed by atoms with Gasteiger partial charge in [-0.1, -0.05) is 19.4 Å². The number of allylic oxidation sites excluding steroid dienone is 4. The predicted octanol–water partition coefficient (Wildman–Crippen LogP) is -1.68. The van der Waals surface area contributed by atoms with Crippen LogP contribution < -0.4 is 24.8 Å². The molecule has 0 fully saturated rings. The maximum atomic E-state index is 8.46. The van der Waals surface area contributed by atoms with Crippen LogP contribution in [0.15, 0.2) is 54.1 Å². The van der Waals surface area contributed by atoms with E-state index in [0.717, 1.165) is 19.3 Å². The summed E-state index contributed by atoms with van der Waals surface area (Å²) >= 11 is 0. The minimum atomic E-state index is 0. The third-order valence-corrected chi connectivity index (χ3v) is 3.13. The van der Waals surface area contributed by atoms with Crippen LogP contribution in [-0.2, 0) is 26.2 Å². The third kappa shape index (κ3) is 7.83. The predicted molar refractivity (Wildman–Crippen MR) is 81.1 cm³/mol. The van der Waals surface area contributed by atoms with Crippen molar-refractivity contribution in [2.75, 3.05) is 6.61 Å². The summed E-state index contributed by atoms with van der Waals surface area (Å²) < 4.78 is 0. The van der Waals surface area contributed by atoms with Gasteiger partial charge < -0.3 is 29.9 Å². The zero-order valence-electron chi connectivity index (χ0n) is 12.7. The van der Waals surface area contributed by atoms with Crippen LogP contribution in [0, 0.1) is 13.0 Å². The molecule has 0 saturated carbocycles. The average molecular weight is 414 g/mol. The van der Waals surface area contributed by atoms with Crippen LogP contribution in [0.25, 0.3) is 10.8 Å². The normalized spacial score (nSPS) is 11.5. The standard InChI is InChI=1S/C10H9.C8H11O.2ClH.Zr/c1-8-6-9-4-2-3-5-10(9)7-8;9-7-3-6-8-4-1-2-5-8;;;/h2-7H,1H3;1,4,9H,2-3,6-7H2;2*1H;/q2*-1;;;+4/p-2. The molecule has 1 aliphatic carbocycles. The van der Waals surface area contributed by atoms with Crippen LogP contribution in [0.4, 0.5) is 0 Å². The Morgan fingerprint density at radius 2 is 1.95 bits per heavy atom. The zero-order valence-corrected chi connectivity index (χ0v) is 16.6. The van der Waals surface area contributed by atoms with Gasteiger partial charge in [-0.25, -0.2) is 11.6 Å². The molecular weight excluding hydrogens is 394 g/mol. The molecule has 0 heterocycles. The molecule has 116 valence electrons. The SMILES string of the molecule is Cc1cc2ccccc2[cH-]1.OCCCC1=[C-]CC=C1.[Cl-].[Cl-].[Zr+4]. The van der Waals surface area contributed by atoms with Gasteiger partial charge in [0.25, 0.3) is 0 Å². The zero-order chi connectivity index (χ0) is 13.5. The van der Waals surface area contributed by atoms with E-state index in [2.05, 4.69) is 61.5 Å². The van der Waals surface area contributed by atoms with Crippen molar-refractivity contribution in [2.45, 2.75) is 26.2 Å². The number of fused-ring (bicyclic) bond motifs is 1. The Bertz CT molecular complexity index is 555. The Labute approximate surface area is 164 Å². The second kappa shape index (κ2) is 13.2. The van der Waals surface area contributed by atoms with Crippen molar-refractivity contribution in [3.63, 3.8) is 0 Å². The molecule has 0 spiro atoms. The van der Waals surface area contributed by atoms with Gasteiger partial charge in [0, 0.05) is 6.61 Å². The van der Waals surface area contributed by atoms with Gasteiger partial charge in [-0.3, -0.25) is 6.08 Å². The Morgan fingerprint density at radius 3 is 2.55 bits per heavy atom. The minimum absolute atomic E-state index is 0. The van der Waals surface area contributed by atoms with E-state index >= 15 is 0 Å². The summed E-state index contributed by atoms with van der Waals surface area (Å²) in [6, 6.07) is 12.8. The van der Waals surface area contributed by atoms with E-state index in [1.54, 1.807) is 0 Å². The van der Waals surface area contributed by atoms with E-state index in [-0.39, 0.29) is 51.0 Å². The second-order valence-electron chi connectivity index (χ2n) is 4.80. The number of aliphatic hydroxyl groups is 1. The van der Waals surface area contributed by atoms with Gasteiger partial charge in [-0.05, 0) is 6.42 Å². The Morgan fingerprint density at radius 1 is 1.23 bits per heavy atom. The van der Waals surface area contributed by atoms with Gasteiger partial charge in [0.2, 0.25) is 0 Å². The van der Waals surface area contributed by atoms with Gasteiger partial charge in [-0.15, -0.1) is 47.0 Å². The summed E-state index contributed by atoms with van der Waals surface area (Å²) in [6.07, 6.45) is 10.2. The van der Waals surface area contributed by atoms with Crippen molar-refractivity contribution in [2.24, 2.45) is 0 Å². The molecule has 0 atom stereocenters. The number of aliphatic hydroxyl groups excluding tert-OH is 1. The molecule has 3 rings (SSSR count). The van der Waals surface area contributed by atoms with Gasteiger partial charge in [-0.2, -0.15) is 12.1 Å². The molecule has 2 aromatic rings. The van der Waals surface area contributed by atoms with E-state index in [4.69, 9.17) is 5.11 Å². The molecule has 1 N–H and O–H groups in total. The molecular formula is C18H20Cl2OZr. The van der Waals surface area contributed by atoms with Gasteiger partial charge in [0.1, 0.15) is 0 Å². The first-order valence-corrected chi connectivity index (χ1v) is 6.79. The van der Waals surface area contributed by atoms with Crippen LogP contribution in [0.3, 0.4) is 0 Å². The fourth-order valence-electron chi connectivity index (χ4n) is 2.20. The fourth-order valence-corrected chi connectivity index (χ4v) is 2.20. The Kier molecular flexibility index (Phi) is 14.4. The largest absolute Gasteiger partial charge is 4.00 e. The molecule has 0 radical (unpaired) electrons. The van der Waals surface area contributed by atoms with Crippen molar-refractivity contribution < 1.29 is 56.1 Å². The maximum Gasteiger partial charge on any atom is 4.00 e. The van der Waals surface area contributed by atoms with E-state index in [1.165, 1.54) is 21.9 Å². The van der Waals surface area contributed by atoms with Crippen molar-refractivity contribution in [1.82, 2.24) is 0 Å². The second-order valence-corrected chi connectivity index (χ2v) is 4.80. The Hall–Kier alpha value is -0.267. The third-order valence-electron chi connectivity index (χ3n) is 3.13. The quantitative estimate of drug-likeness (QED) is 0.595. The van der Waals surface area contributed by atoms with Crippen molar-refractivity contribution >= 4 is 10.8 Å². The number of rotatable bonds is 3. The summed E-state index contributed by atoms with van der Waals surface area (Å²) in [6.45, 7) is 2.42. The molecule has 4 heteroatoms. The fraction of sp³-hybridized carbons (Fsp3) is 0.278. The molecule has 1 nitrogen and oxygen atoms in total. The molecule has 22 heavy (non-hydrogen) atoms. The van der Waals surface area contributed by atoms with E-state index in [1.807, 2.05) is 0 Å². The van der Waals surface area contributed by atoms with Crippen LogP contribution in [0.5, 0.6) is 0 Å². The monoisotopic (exact) mass is 412 g/mol. The first-order valence-electron chi connectivity index (χ1n) is 6.79. The average Bonchev–Trinajstić information content (AvgIpc) is 3.04. The summed E-state index contributed by atoms with van der Waals surface area (Å²) in [7, 11) is 0. The van der Waals surface area contributed by atoms with E-state index < -0.39 is 0 Å². The van der Waals surface area contributed by atoms with Crippen molar-refractivity contribution in [3.8, 4) is 0 Å². The number of benzene rings is 1. The van der Waals surface area contributed by atoms with E-state index in [0.29, 0.717) is 6.61 Å². The van der Waals surface area contributed by atoms with Crippen LogP contribution >= 0.6 is 0 Å². The summed E-state index contributed by atoms with van der Waals surface area (Å²) in [5, 5.41) is 11.2. The van der Waals surface area contributed by atoms with Crippen molar-refractivity contribution in [3.05, 3.63) is 65.8 Å².